The van der Waals surface area contributed by atoms with Crippen LogP contribution in [0.3, 0.4) is 0 Å². The van der Waals surface area contributed by atoms with Crippen molar-refractivity contribution in [3.05, 3.63) is 160 Å². The molecule has 2 atom stereocenters. The minimum Gasteiger partial charge on any atom is -0.491 e. The smallest absolute Gasteiger partial charge is 0.335 e. The second kappa shape index (κ2) is 16.9. The Bertz CT molecular complexity index is 1830. The topological polar surface area (TPSA) is 54.0 Å². The molecule has 0 aliphatic heterocycles. The molecule has 5 heteroatoms. The third-order valence-corrected chi connectivity index (χ3v) is 8.80. The summed E-state index contributed by atoms with van der Waals surface area (Å²) in [5.41, 5.74) is 10.6. The quantitative estimate of drug-likeness (QED) is 0.0834. The zero-order valence-corrected chi connectivity index (χ0v) is 28.3. The summed E-state index contributed by atoms with van der Waals surface area (Å²) in [6, 6.07) is 42.3. The Kier molecular flexibility index (Phi) is 11.7. The van der Waals surface area contributed by atoms with E-state index in [-0.39, 0.29) is 12.1 Å². The van der Waals surface area contributed by atoms with Gasteiger partial charge >= 0.3 is 5.97 Å². The van der Waals surface area contributed by atoms with E-state index in [0.717, 1.165) is 40.8 Å². The molecule has 0 heterocycles. The van der Waals surface area contributed by atoms with Crippen molar-refractivity contribution in [2.75, 3.05) is 26.4 Å². The van der Waals surface area contributed by atoms with Gasteiger partial charge in [-0.25, -0.2) is 4.79 Å². The molecule has 0 radical (unpaired) electrons. The molecule has 0 amide bonds. The van der Waals surface area contributed by atoms with Crippen molar-refractivity contribution in [3.8, 4) is 16.9 Å². The molecule has 0 bridgehead atoms. The van der Waals surface area contributed by atoms with Crippen molar-refractivity contribution < 1.29 is 23.7 Å². The summed E-state index contributed by atoms with van der Waals surface area (Å²) in [5, 5.41) is 0. The molecule has 0 N–H and O–H groups in total. The number of aryl methyl sites for hydroxylation is 2. The standard InChI is InChI=1S/C44H44O5/c1-3-46-42(44(45)47-4-2)30-34-18-24-39(25-19-34)48-27-28-49-43-40-26-23-37(35-13-9-6-10-14-35)31-38(40)22-21-36-20-17-33(29-41(36)43)16-15-32-11-7-5-8-12-32/h5-14,17-26,29,31,42-43H,3-4,15-16,27-28,30H2,1-2H3. The number of benzene rings is 5. The molecule has 1 aliphatic rings. The van der Waals surface area contributed by atoms with E-state index in [0.29, 0.717) is 32.8 Å². The number of carbonyl (C=O) groups is 1. The Labute approximate surface area is 290 Å². The Morgan fingerprint density at radius 2 is 1.35 bits per heavy atom. The monoisotopic (exact) mass is 652 g/mol. The average molecular weight is 653 g/mol. The summed E-state index contributed by atoms with van der Waals surface area (Å²) in [6.07, 6.45) is 5.95. The molecule has 49 heavy (non-hydrogen) atoms. The predicted octanol–water partition coefficient (Wildman–Crippen LogP) is 9.32. The molecular formula is C44H44O5. The van der Waals surface area contributed by atoms with Crippen molar-refractivity contribution in [1.82, 2.24) is 0 Å². The van der Waals surface area contributed by atoms with Crippen LogP contribution in [-0.2, 0) is 38.3 Å². The number of hydrogen-bond donors (Lipinski definition) is 0. The molecule has 5 aromatic carbocycles. The van der Waals surface area contributed by atoms with E-state index < -0.39 is 6.10 Å². The fraction of sp³-hybridized carbons (Fsp3) is 0.250. The third-order valence-electron chi connectivity index (χ3n) is 8.80. The minimum atomic E-state index is -0.618. The van der Waals surface area contributed by atoms with Crippen molar-refractivity contribution in [2.45, 2.75) is 45.3 Å². The van der Waals surface area contributed by atoms with E-state index in [1.54, 1.807) is 6.92 Å². The van der Waals surface area contributed by atoms with Crippen molar-refractivity contribution in [3.63, 3.8) is 0 Å². The fourth-order valence-electron chi connectivity index (χ4n) is 6.29. The van der Waals surface area contributed by atoms with Crippen LogP contribution in [0.25, 0.3) is 23.3 Å². The lowest BCUT2D eigenvalue weighted by molar-refractivity contribution is -0.156. The van der Waals surface area contributed by atoms with Gasteiger partial charge in [0, 0.05) is 13.0 Å². The van der Waals surface area contributed by atoms with Crippen molar-refractivity contribution in [2.24, 2.45) is 0 Å². The summed E-state index contributed by atoms with van der Waals surface area (Å²) in [6.45, 7) is 5.26. The van der Waals surface area contributed by atoms with Crippen LogP contribution >= 0.6 is 0 Å². The summed E-state index contributed by atoms with van der Waals surface area (Å²) in [4.78, 5) is 12.3. The van der Waals surface area contributed by atoms with Crippen LogP contribution in [0.1, 0.15) is 58.9 Å². The molecule has 1 aliphatic carbocycles. The second-order valence-electron chi connectivity index (χ2n) is 12.1. The van der Waals surface area contributed by atoms with Gasteiger partial charge in [-0.15, -0.1) is 0 Å². The number of carbonyl (C=O) groups excluding carboxylic acids is 1. The van der Waals surface area contributed by atoms with Crippen molar-refractivity contribution >= 4 is 18.1 Å². The normalized spacial score (nSPS) is 14.0. The van der Waals surface area contributed by atoms with E-state index in [4.69, 9.17) is 18.9 Å². The average Bonchev–Trinajstić information content (AvgIpc) is 3.29. The number of fused-ring (bicyclic) bond motifs is 2. The number of esters is 1. The van der Waals surface area contributed by atoms with Gasteiger partial charge in [-0.05, 0) is 95.0 Å². The van der Waals surface area contributed by atoms with Crippen LogP contribution in [0.2, 0.25) is 0 Å². The molecule has 250 valence electrons. The third kappa shape index (κ3) is 8.94. The summed E-state index contributed by atoms with van der Waals surface area (Å²) < 4.78 is 23.6. The van der Waals surface area contributed by atoms with Crippen LogP contribution in [-0.4, -0.2) is 38.5 Å². The number of ether oxygens (including phenoxy) is 4. The van der Waals surface area contributed by atoms with Crippen molar-refractivity contribution in [1.29, 1.82) is 0 Å². The van der Waals surface area contributed by atoms with Gasteiger partial charge in [-0.1, -0.05) is 115 Å². The van der Waals surface area contributed by atoms with Crippen LogP contribution < -0.4 is 4.74 Å². The second-order valence-corrected chi connectivity index (χ2v) is 12.1. The van der Waals surface area contributed by atoms with Crippen LogP contribution in [0.4, 0.5) is 0 Å². The van der Waals surface area contributed by atoms with Gasteiger partial charge in [-0.3, -0.25) is 0 Å². The summed E-state index contributed by atoms with van der Waals surface area (Å²) in [7, 11) is 0. The highest BCUT2D eigenvalue weighted by atomic mass is 16.6. The first-order chi connectivity index (χ1) is 24.1. The lowest BCUT2D eigenvalue weighted by atomic mass is 9.92. The Morgan fingerprint density at radius 3 is 2.10 bits per heavy atom. The predicted molar refractivity (Wildman–Crippen MR) is 197 cm³/mol. The first-order valence-corrected chi connectivity index (χ1v) is 17.3. The molecular weight excluding hydrogens is 608 g/mol. The molecule has 0 aromatic heterocycles. The van der Waals surface area contributed by atoms with Gasteiger partial charge in [0.2, 0.25) is 0 Å². The van der Waals surface area contributed by atoms with Gasteiger partial charge in [0.25, 0.3) is 0 Å². The van der Waals surface area contributed by atoms with E-state index in [9.17, 15) is 4.79 Å². The lowest BCUT2D eigenvalue weighted by Crippen LogP contribution is -2.28. The molecule has 5 aromatic rings. The summed E-state index contributed by atoms with van der Waals surface area (Å²) in [5.74, 6) is 0.411. The SMILES string of the molecule is CCOC(=O)C(Cc1ccc(OCCOC2c3ccc(-c4ccccc4)cc3C=Cc3ccc(CCc4ccccc4)cc32)cc1)OCC. The van der Waals surface area contributed by atoms with Gasteiger partial charge in [0.05, 0.1) is 13.2 Å². The van der Waals surface area contributed by atoms with Gasteiger partial charge in [0.1, 0.15) is 18.5 Å². The summed E-state index contributed by atoms with van der Waals surface area (Å²) >= 11 is 0. The van der Waals surface area contributed by atoms with Crippen LogP contribution in [0, 0.1) is 0 Å². The van der Waals surface area contributed by atoms with E-state index in [1.165, 1.54) is 27.8 Å². The minimum absolute atomic E-state index is 0.245. The molecule has 5 nitrogen and oxygen atoms in total. The Morgan fingerprint density at radius 1 is 0.633 bits per heavy atom. The number of hydrogen-bond acceptors (Lipinski definition) is 5. The molecule has 0 fully saturated rings. The van der Waals surface area contributed by atoms with Crippen LogP contribution in [0.15, 0.2) is 121 Å². The lowest BCUT2D eigenvalue weighted by Gasteiger charge is -2.22. The Hall–Kier alpha value is -4.97. The first kappa shape index (κ1) is 33.9. The molecule has 0 saturated carbocycles. The maximum Gasteiger partial charge on any atom is 0.335 e. The highest BCUT2D eigenvalue weighted by Crippen LogP contribution is 2.38. The molecule has 0 spiro atoms. The first-order valence-electron chi connectivity index (χ1n) is 17.3. The fourth-order valence-corrected chi connectivity index (χ4v) is 6.29. The highest BCUT2D eigenvalue weighted by molar-refractivity contribution is 5.79. The Balaban J connectivity index is 1.17. The zero-order valence-electron chi connectivity index (χ0n) is 28.3. The zero-order chi connectivity index (χ0) is 33.8. The van der Waals surface area contributed by atoms with Gasteiger partial charge in [-0.2, -0.15) is 0 Å². The number of rotatable bonds is 15. The van der Waals surface area contributed by atoms with E-state index >= 15 is 0 Å². The maximum absolute atomic E-state index is 12.3. The van der Waals surface area contributed by atoms with E-state index in [1.807, 2.05) is 37.3 Å². The largest absolute Gasteiger partial charge is 0.491 e. The van der Waals surface area contributed by atoms with Gasteiger partial charge in [0.15, 0.2) is 6.10 Å². The molecule has 0 saturated heterocycles. The molecule has 2 unspecified atom stereocenters. The molecule has 6 rings (SSSR count). The van der Waals surface area contributed by atoms with E-state index in [2.05, 4.69) is 103 Å². The van der Waals surface area contributed by atoms with Crippen LogP contribution in [0.5, 0.6) is 5.75 Å². The van der Waals surface area contributed by atoms with Gasteiger partial charge < -0.3 is 18.9 Å². The maximum atomic E-state index is 12.3. The highest BCUT2D eigenvalue weighted by Gasteiger charge is 2.24.